The summed E-state index contributed by atoms with van der Waals surface area (Å²) in [5, 5.41) is 7.40. The number of benzene rings is 1. The van der Waals surface area contributed by atoms with Crippen LogP contribution < -0.4 is 10.6 Å². The van der Waals surface area contributed by atoms with Crippen LogP contribution in [0.15, 0.2) is 23.6 Å². The van der Waals surface area contributed by atoms with Crippen molar-refractivity contribution >= 4 is 34.0 Å². The third-order valence-corrected chi connectivity index (χ3v) is 4.02. The number of carbonyl (C=O) groups is 2. The molecule has 5 nitrogen and oxygen atoms in total. The molecule has 1 aromatic heterocycles. The first-order chi connectivity index (χ1) is 11.3. The Morgan fingerprint density at radius 2 is 2.04 bits per heavy atom. The topological polar surface area (TPSA) is 71.1 Å². The van der Waals surface area contributed by atoms with E-state index in [1.807, 2.05) is 0 Å². The molecule has 0 spiro atoms. The summed E-state index contributed by atoms with van der Waals surface area (Å²) in [4.78, 5) is 27.1. The zero-order valence-electron chi connectivity index (χ0n) is 13.9. The second kappa shape index (κ2) is 8.01. The molecule has 2 amide bonds. The molecule has 0 radical (unpaired) electrons. The van der Waals surface area contributed by atoms with E-state index in [1.165, 1.54) is 24.3 Å². The molecule has 1 heterocycles. The van der Waals surface area contributed by atoms with Gasteiger partial charge in [0, 0.05) is 30.0 Å². The van der Waals surface area contributed by atoms with E-state index in [0.717, 1.165) is 6.42 Å². The Kier molecular flexibility index (Phi) is 6.03. The van der Waals surface area contributed by atoms with Crippen LogP contribution in [0.3, 0.4) is 0 Å². The third-order valence-electron chi connectivity index (χ3n) is 3.26. The van der Waals surface area contributed by atoms with E-state index in [9.17, 15) is 14.0 Å². The number of anilines is 2. The van der Waals surface area contributed by atoms with Gasteiger partial charge in [0.15, 0.2) is 5.13 Å². The van der Waals surface area contributed by atoms with E-state index in [0.29, 0.717) is 34.4 Å². The predicted octanol–water partition coefficient (Wildman–Crippen LogP) is 4.28. The molecule has 2 rings (SSSR count). The van der Waals surface area contributed by atoms with Gasteiger partial charge in [-0.1, -0.05) is 13.8 Å². The van der Waals surface area contributed by atoms with Crippen molar-refractivity contribution in [3.05, 3.63) is 29.4 Å². The molecule has 0 atom stereocenters. The highest BCUT2D eigenvalue weighted by atomic mass is 32.1. The van der Waals surface area contributed by atoms with Crippen molar-refractivity contribution in [2.45, 2.75) is 33.6 Å². The summed E-state index contributed by atoms with van der Waals surface area (Å²) in [6.07, 6.45) is 1.25. The predicted molar refractivity (Wildman–Crippen MR) is 94.5 cm³/mol. The molecule has 0 fully saturated rings. The van der Waals surface area contributed by atoms with Gasteiger partial charge in [0.2, 0.25) is 11.8 Å². The van der Waals surface area contributed by atoms with Crippen LogP contribution >= 0.6 is 11.3 Å². The SMILES string of the molecule is CC(=O)Nc1ccc(-c2csc(NC(=O)CCC(C)C)n2)c(F)c1. The highest BCUT2D eigenvalue weighted by Gasteiger charge is 2.12. The number of aromatic nitrogens is 1. The standard InChI is InChI=1S/C17H20FN3O2S/c1-10(2)4-7-16(23)21-17-20-15(9-24-17)13-6-5-12(8-14(13)18)19-11(3)22/h5-6,8-10H,4,7H2,1-3H3,(H,19,22)(H,20,21,23). The number of nitrogens with one attached hydrogen (secondary N) is 2. The van der Waals surface area contributed by atoms with Crippen molar-refractivity contribution in [3.63, 3.8) is 0 Å². The first kappa shape index (κ1) is 18.1. The normalized spacial score (nSPS) is 10.7. The maximum atomic E-state index is 14.2. The van der Waals surface area contributed by atoms with E-state index in [2.05, 4.69) is 29.5 Å². The molecule has 0 saturated carbocycles. The summed E-state index contributed by atoms with van der Waals surface area (Å²) in [5.74, 6) is -0.378. The molecule has 2 N–H and O–H groups in total. The van der Waals surface area contributed by atoms with Gasteiger partial charge in [-0.3, -0.25) is 9.59 Å². The van der Waals surface area contributed by atoms with Crippen molar-refractivity contribution < 1.29 is 14.0 Å². The number of rotatable bonds is 6. The number of hydrogen-bond donors (Lipinski definition) is 2. The zero-order valence-corrected chi connectivity index (χ0v) is 14.7. The first-order valence-corrected chi connectivity index (χ1v) is 8.56. The summed E-state index contributed by atoms with van der Waals surface area (Å²) >= 11 is 1.25. The van der Waals surface area contributed by atoms with E-state index < -0.39 is 5.82 Å². The molecule has 0 aliphatic heterocycles. The Hall–Kier alpha value is -2.28. The van der Waals surface area contributed by atoms with Crippen molar-refractivity contribution in [2.75, 3.05) is 10.6 Å². The van der Waals surface area contributed by atoms with E-state index in [4.69, 9.17) is 0 Å². The van der Waals surface area contributed by atoms with Crippen LogP contribution in [0.2, 0.25) is 0 Å². The van der Waals surface area contributed by atoms with Gasteiger partial charge in [0.25, 0.3) is 0 Å². The lowest BCUT2D eigenvalue weighted by atomic mass is 10.1. The van der Waals surface area contributed by atoms with E-state index in [-0.39, 0.29) is 11.8 Å². The summed E-state index contributed by atoms with van der Waals surface area (Å²) in [7, 11) is 0. The smallest absolute Gasteiger partial charge is 0.226 e. The highest BCUT2D eigenvalue weighted by molar-refractivity contribution is 7.14. The van der Waals surface area contributed by atoms with Gasteiger partial charge in [-0.2, -0.15) is 0 Å². The summed E-state index contributed by atoms with van der Waals surface area (Å²) in [6.45, 7) is 5.48. The quantitative estimate of drug-likeness (QED) is 0.817. The lowest BCUT2D eigenvalue weighted by molar-refractivity contribution is -0.116. The molecule has 0 aliphatic rings. The van der Waals surface area contributed by atoms with Crippen molar-refractivity contribution in [1.82, 2.24) is 4.98 Å². The maximum absolute atomic E-state index is 14.2. The summed E-state index contributed by atoms with van der Waals surface area (Å²) in [5.41, 5.74) is 1.16. The molecule has 128 valence electrons. The molecule has 1 aromatic carbocycles. The molecular formula is C17H20FN3O2S. The molecule has 24 heavy (non-hydrogen) atoms. The van der Waals surface area contributed by atoms with Gasteiger partial charge in [-0.15, -0.1) is 11.3 Å². The van der Waals surface area contributed by atoms with Crippen molar-refractivity contribution in [3.8, 4) is 11.3 Å². The molecule has 2 aromatic rings. The lowest BCUT2D eigenvalue weighted by Crippen LogP contribution is -2.11. The van der Waals surface area contributed by atoms with Crippen LogP contribution in [0, 0.1) is 11.7 Å². The van der Waals surface area contributed by atoms with Crippen LogP contribution in [0.4, 0.5) is 15.2 Å². The van der Waals surface area contributed by atoms with Crippen molar-refractivity contribution in [2.24, 2.45) is 5.92 Å². The minimum Gasteiger partial charge on any atom is -0.326 e. The second-order valence-corrected chi connectivity index (χ2v) is 6.75. The number of halogens is 1. The lowest BCUT2D eigenvalue weighted by Gasteiger charge is -2.05. The molecule has 0 aliphatic carbocycles. The van der Waals surface area contributed by atoms with Gasteiger partial charge in [-0.05, 0) is 30.5 Å². The monoisotopic (exact) mass is 349 g/mol. The van der Waals surface area contributed by atoms with Gasteiger partial charge in [-0.25, -0.2) is 9.37 Å². The molecule has 0 bridgehead atoms. The van der Waals surface area contributed by atoms with E-state index >= 15 is 0 Å². The number of carbonyl (C=O) groups excluding carboxylic acids is 2. The second-order valence-electron chi connectivity index (χ2n) is 5.89. The third kappa shape index (κ3) is 5.13. The maximum Gasteiger partial charge on any atom is 0.226 e. The number of hydrogen-bond acceptors (Lipinski definition) is 4. The molecule has 0 unspecified atom stereocenters. The Balaban J connectivity index is 2.07. The van der Waals surface area contributed by atoms with Crippen LogP contribution in [0.5, 0.6) is 0 Å². The van der Waals surface area contributed by atoms with Gasteiger partial charge in [0.1, 0.15) is 5.82 Å². The fourth-order valence-electron chi connectivity index (χ4n) is 2.06. The number of amides is 2. The highest BCUT2D eigenvalue weighted by Crippen LogP contribution is 2.28. The number of nitrogens with zero attached hydrogens (tertiary/aromatic N) is 1. The summed E-state index contributed by atoms with van der Waals surface area (Å²) < 4.78 is 14.2. The molecule has 0 saturated heterocycles. The molecule has 7 heteroatoms. The fraction of sp³-hybridized carbons (Fsp3) is 0.353. The van der Waals surface area contributed by atoms with Crippen LogP contribution in [0.1, 0.15) is 33.6 Å². The summed E-state index contributed by atoms with van der Waals surface area (Å²) in [6, 6.07) is 4.41. The van der Waals surface area contributed by atoms with Crippen LogP contribution in [-0.4, -0.2) is 16.8 Å². The van der Waals surface area contributed by atoms with Crippen LogP contribution in [-0.2, 0) is 9.59 Å². The Bertz CT molecular complexity index is 743. The van der Waals surface area contributed by atoms with E-state index in [1.54, 1.807) is 17.5 Å². The largest absolute Gasteiger partial charge is 0.326 e. The first-order valence-electron chi connectivity index (χ1n) is 7.68. The van der Waals surface area contributed by atoms with Gasteiger partial charge < -0.3 is 10.6 Å². The Morgan fingerprint density at radius 1 is 1.29 bits per heavy atom. The fourth-order valence-corrected chi connectivity index (χ4v) is 2.79. The van der Waals surface area contributed by atoms with Gasteiger partial charge in [0.05, 0.1) is 5.69 Å². The zero-order chi connectivity index (χ0) is 17.7. The minimum absolute atomic E-state index is 0.0916. The Morgan fingerprint density at radius 3 is 2.67 bits per heavy atom. The number of thiazole rings is 1. The molecular weight excluding hydrogens is 329 g/mol. The van der Waals surface area contributed by atoms with Gasteiger partial charge >= 0.3 is 0 Å². The minimum atomic E-state index is -0.482. The average molecular weight is 349 g/mol. The van der Waals surface area contributed by atoms with Crippen LogP contribution in [0.25, 0.3) is 11.3 Å². The Labute approximate surface area is 144 Å². The van der Waals surface area contributed by atoms with Crippen molar-refractivity contribution in [1.29, 1.82) is 0 Å². The average Bonchev–Trinajstić information content (AvgIpc) is 2.92.